The van der Waals surface area contributed by atoms with Gasteiger partial charge in [-0.25, -0.2) is 8.78 Å². The summed E-state index contributed by atoms with van der Waals surface area (Å²) >= 11 is 0. The summed E-state index contributed by atoms with van der Waals surface area (Å²) in [7, 11) is 0. The van der Waals surface area contributed by atoms with Crippen molar-refractivity contribution in [1.82, 2.24) is 10.3 Å². The van der Waals surface area contributed by atoms with E-state index in [-0.39, 0.29) is 5.56 Å². The number of halogens is 2. The van der Waals surface area contributed by atoms with E-state index in [0.29, 0.717) is 12.2 Å². The second kappa shape index (κ2) is 6.12. The lowest BCUT2D eigenvalue weighted by Crippen LogP contribution is -2.29. The van der Waals surface area contributed by atoms with Crippen LogP contribution < -0.4 is 10.6 Å². The number of nitrogens with one attached hydrogen (secondary N) is 2. The molecule has 1 amide bonds. The number of pyridine rings is 1. The van der Waals surface area contributed by atoms with Gasteiger partial charge in [0, 0.05) is 18.4 Å². The van der Waals surface area contributed by atoms with Crippen LogP contribution in [0.2, 0.25) is 0 Å². The number of hydrogen-bond donors (Lipinski definition) is 2. The Hall–Kier alpha value is -1.72. The fourth-order valence-corrected chi connectivity index (χ4v) is 1.34. The molecule has 6 heteroatoms. The quantitative estimate of drug-likeness (QED) is 0.829. The molecule has 0 atom stereocenters. The van der Waals surface area contributed by atoms with Gasteiger partial charge in [-0.15, -0.1) is 0 Å². The first-order chi connectivity index (χ1) is 8.04. The van der Waals surface area contributed by atoms with Crippen molar-refractivity contribution in [3.63, 3.8) is 0 Å². The lowest BCUT2D eigenvalue weighted by molar-refractivity contribution is 0.0892. The average Bonchev–Trinajstić information content (AvgIpc) is 2.26. The Morgan fingerprint density at radius 3 is 2.82 bits per heavy atom. The second-order valence-corrected chi connectivity index (χ2v) is 3.50. The summed E-state index contributed by atoms with van der Waals surface area (Å²) in [5.74, 6) is -0.547. The summed E-state index contributed by atoms with van der Waals surface area (Å²) < 4.78 is 24.0. The van der Waals surface area contributed by atoms with E-state index in [1.54, 1.807) is 13.0 Å². The summed E-state index contributed by atoms with van der Waals surface area (Å²) in [6, 6.07) is 1.71. The number of hydrogen-bond acceptors (Lipinski definition) is 3. The van der Waals surface area contributed by atoms with Crippen LogP contribution in [-0.4, -0.2) is 30.4 Å². The minimum atomic E-state index is -2.56. The Bertz CT molecular complexity index is 396. The highest BCUT2D eigenvalue weighted by Gasteiger charge is 2.13. The fraction of sp³-hybridized carbons (Fsp3) is 0.455. The molecule has 0 aliphatic carbocycles. The maximum Gasteiger partial charge on any atom is 0.255 e. The van der Waals surface area contributed by atoms with E-state index >= 15 is 0 Å². The third-order valence-corrected chi connectivity index (χ3v) is 2.07. The molecule has 1 heterocycles. The summed E-state index contributed by atoms with van der Waals surface area (Å²) in [5, 5.41) is 5.14. The van der Waals surface area contributed by atoms with Crippen LogP contribution in [0.15, 0.2) is 12.3 Å². The maximum atomic E-state index is 12.0. The molecular weight excluding hydrogens is 228 g/mol. The standard InChI is InChI=1S/C11H15F2N3O/c1-3-14-9-4-7(2)15-5-8(9)11(17)16-6-10(12)13/h4-5,10H,3,6H2,1-2H3,(H,14,15)(H,16,17). The number of nitrogens with zero attached hydrogens (tertiary/aromatic N) is 1. The number of amides is 1. The molecule has 1 aromatic heterocycles. The van der Waals surface area contributed by atoms with E-state index in [0.717, 1.165) is 5.69 Å². The van der Waals surface area contributed by atoms with Crippen molar-refractivity contribution in [2.45, 2.75) is 20.3 Å². The first-order valence-electron chi connectivity index (χ1n) is 5.31. The van der Waals surface area contributed by atoms with Gasteiger partial charge in [-0.1, -0.05) is 0 Å². The third kappa shape index (κ3) is 3.97. The lowest BCUT2D eigenvalue weighted by Gasteiger charge is -2.11. The Morgan fingerprint density at radius 2 is 2.24 bits per heavy atom. The van der Waals surface area contributed by atoms with Crippen molar-refractivity contribution in [2.75, 3.05) is 18.4 Å². The fourth-order valence-electron chi connectivity index (χ4n) is 1.34. The molecule has 0 bridgehead atoms. The summed E-state index contributed by atoms with van der Waals surface area (Å²) in [6.45, 7) is 3.66. The number of alkyl halides is 2. The van der Waals surface area contributed by atoms with Crippen molar-refractivity contribution in [3.8, 4) is 0 Å². The molecule has 1 rings (SSSR count). The molecule has 0 aliphatic heterocycles. The number of aryl methyl sites for hydroxylation is 1. The van der Waals surface area contributed by atoms with Gasteiger partial charge < -0.3 is 10.6 Å². The number of carbonyl (C=O) groups is 1. The van der Waals surface area contributed by atoms with Crippen molar-refractivity contribution in [2.24, 2.45) is 0 Å². The summed E-state index contributed by atoms with van der Waals surface area (Å²) in [4.78, 5) is 15.6. The highest BCUT2D eigenvalue weighted by molar-refractivity contribution is 5.99. The third-order valence-electron chi connectivity index (χ3n) is 2.07. The smallest absolute Gasteiger partial charge is 0.255 e. The molecule has 94 valence electrons. The number of anilines is 1. The van der Waals surface area contributed by atoms with Gasteiger partial charge >= 0.3 is 0 Å². The van der Waals surface area contributed by atoms with Crippen LogP contribution in [0.5, 0.6) is 0 Å². The molecule has 0 radical (unpaired) electrons. The molecule has 2 N–H and O–H groups in total. The Balaban J connectivity index is 2.84. The minimum absolute atomic E-state index is 0.276. The first kappa shape index (κ1) is 13.3. The van der Waals surface area contributed by atoms with E-state index in [4.69, 9.17) is 0 Å². The second-order valence-electron chi connectivity index (χ2n) is 3.50. The number of aromatic nitrogens is 1. The predicted molar refractivity (Wildman–Crippen MR) is 61.5 cm³/mol. The van der Waals surface area contributed by atoms with Gasteiger partial charge in [0.15, 0.2) is 0 Å². The van der Waals surface area contributed by atoms with E-state index in [9.17, 15) is 13.6 Å². The first-order valence-corrected chi connectivity index (χ1v) is 5.31. The van der Waals surface area contributed by atoms with Crippen LogP contribution in [0.4, 0.5) is 14.5 Å². The molecule has 17 heavy (non-hydrogen) atoms. The molecule has 0 aromatic carbocycles. The summed E-state index contributed by atoms with van der Waals surface area (Å²) in [5.41, 5.74) is 1.64. The number of carbonyl (C=O) groups excluding carboxylic acids is 1. The van der Waals surface area contributed by atoms with Gasteiger partial charge in [0.1, 0.15) is 0 Å². The largest absolute Gasteiger partial charge is 0.385 e. The zero-order valence-electron chi connectivity index (χ0n) is 9.76. The molecular formula is C11H15F2N3O. The Labute approximate surface area is 98.4 Å². The van der Waals surface area contributed by atoms with E-state index in [1.807, 2.05) is 6.92 Å². The maximum absolute atomic E-state index is 12.0. The van der Waals surface area contributed by atoms with Crippen LogP contribution in [0.25, 0.3) is 0 Å². The van der Waals surface area contributed by atoms with Gasteiger partial charge in [0.25, 0.3) is 12.3 Å². The SMILES string of the molecule is CCNc1cc(C)ncc1C(=O)NCC(F)F. The monoisotopic (exact) mass is 243 g/mol. The van der Waals surface area contributed by atoms with Gasteiger partial charge in [-0.2, -0.15) is 0 Å². The summed E-state index contributed by atoms with van der Waals surface area (Å²) in [6.07, 6.45) is -1.17. The van der Waals surface area contributed by atoms with Crippen LogP contribution >= 0.6 is 0 Å². The normalized spacial score (nSPS) is 10.4. The highest BCUT2D eigenvalue weighted by atomic mass is 19.3. The van der Waals surface area contributed by atoms with Crippen molar-refractivity contribution in [3.05, 3.63) is 23.5 Å². The van der Waals surface area contributed by atoms with Crippen molar-refractivity contribution in [1.29, 1.82) is 0 Å². The molecule has 0 unspecified atom stereocenters. The van der Waals surface area contributed by atoms with Crippen LogP contribution in [0.1, 0.15) is 23.0 Å². The topological polar surface area (TPSA) is 54.0 Å². The van der Waals surface area contributed by atoms with E-state index in [1.165, 1.54) is 6.20 Å². The van der Waals surface area contributed by atoms with Gasteiger partial charge in [-0.05, 0) is 19.9 Å². The van der Waals surface area contributed by atoms with E-state index < -0.39 is 18.9 Å². The molecule has 0 spiro atoms. The molecule has 0 saturated carbocycles. The molecule has 0 aliphatic rings. The van der Waals surface area contributed by atoms with Crippen LogP contribution in [0, 0.1) is 6.92 Å². The van der Waals surface area contributed by atoms with Gasteiger partial charge in [0.2, 0.25) is 0 Å². The molecule has 1 aromatic rings. The van der Waals surface area contributed by atoms with E-state index in [2.05, 4.69) is 15.6 Å². The van der Waals surface area contributed by atoms with Crippen molar-refractivity contribution >= 4 is 11.6 Å². The Morgan fingerprint density at radius 1 is 1.53 bits per heavy atom. The Kier molecular flexibility index (Phi) is 4.81. The predicted octanol–water partition coefficient (Wildman–Crippen LogP) is 1.82. The van der Waals surface area contributed by atoms with Gasteiger partial charge in [0.05, 0.1) is 17.8 Å². The zero-order valence-corrected chi connectivity index (χ0v) is 9.76. The number of rotatable bonds is 5. The lowest BCUT2D eigenvalue weighted by atomic mass is 10.2. The minimum Gasteiger partial charge on any atom is -0.385 e. The average molecular weight is 243 g/mol. The molecule has 4 nitrogen and oxygen atoms in total. The van der Waals surface area contributed by atoms with Crippen molar-refractivity contribution < 1.29 is 13.6 Å². The highest BCUT2D eigenvalue weighted by Crippen LogP contribution is 2.15. The zero-order chi connectivity index (χ0) is 12.8. The van der Waals surface area contributed by atoms with Crippen LogP contribution in [0.3, 0.4) is 0 Å². The van der Waals surface area contributed by atoms with Crippen LogP contribution in [-0.2, 0) is 0 Å². The molecule has 0 saturated heterocycles. The molecule has 0 fully saturated rings. The van der Waals surface area contributed by atoms with Gasteiger partial charge in [-0.3, -0.25) is 9.78 Å².